The lowest BCUT2D eigenvalue weighted by molar-refractivity contribution is 0.262. The first-order chi connectivity index (χ1) is 9.19. The highest BCUT2D eigenvalue weighted by molar-refractivity contribution is 7.13. The van der Waals surface area contributed by atoms with Crippen LogP contribution in [0.25, 0.3) is 0 Å². The fraction of sp³-hybridized carbons (Fsp3) is 0.231. The van der Waals surface area contributed by atoms with Crippen LogP contribution in [0.2, 0.25) is 0 Å². The van der Waals surface area contributed by atoms with Gasteiger partial charge in [0.2, 0.25) is 0 Å². The zero-order valence-electron chi connectivity index (χ0n) is 10.8. The Morgan fingerprint density at radius 1 is 1.26 bits per heavy atom. The van der Waals surface area contributed by atoms with Crippen molar-refractivity contribution in [2.75, 3.05) is 17.7 Å². The first-order valence-corrected chi connectivity index (χ1v) is 6.81. The zero-order valence-corrected chi connectivity index (χ0v) is 11.6. The second-order valence-corrected chi connectivity index (χ2v) is 4.94. The van der Waals surface area contributed by atoms with E-state index in [1.165, 1.54) is 16.9 Å². The van der Waals surface area contributed by atoms with Crippen LogP contribution in [0, 0.1) is 0 Å². The van der Waals surface area contributed by atoms with Gasteiger partial charge in [-0.1, -0.05) is 12.1 Å². The van der Waals surface area contributed by atoms with E-state index in [0.29, 0.717) is 5.13 Å². The molecule has 1 atom stereocenters. The van der Waals surface area contributed by atoms with E-state index >= 15 is 0 Å². The van der Waals surface area contributed by atoms with Crippen LogP contribution in [-0.4, -0.2) is 18.1 Å². The van der Waals surface area contributed by atoms with Crippen LogP contribution in [0.1, 0.15) is 18.5 Å². The normalized spacial score (nSPS) is 11.9. The molecule has 0 bridgehead atoms. The van der Waals surface area contributed by atoms with Crippen LogP contribution in [-0.2, 0) is 0 Å². The summed E-state index contributed by atoms with van der Waals surface area (Å²) in [6, 6.07) is 7.73. The maximum Gasteiger partial charge on any atom is 0.325 e. The average Bonchev–Trinajstić information content (AvgIpc) is 2.91. The molecule has 0 fully saturated rings. The summed E-state index contributed by atoms with van der Waals surface area (Å²) in [6.45, 7) is 2.08. The lowest BCUT2D eigenvalue weighted by atomic mass is 10.1. The molecule has 19 heavy (non-hydrogen) atoms. The van der Waals surface area contributed by atoms with Crippen LogP contribution in [0.5, 0.6) is 0 Å². The minimum absolute atomic E-state index is 0.288. The van der Waals surface area contributed by atoms with Gasteiger partial charge in [0.1, 0.15) is 0 Å². The highest BCUT2D eigenvalue weighted by Gasteiger charge is 2.05. The monoisotopic (exact) mass is 276 g/mol. The number of nitrogens with zero attached hydrogens (tertiary/aromatic N) is 1. The van der Waals surface area contributed by atoms with E-state index in [-0.39, 0.29) is 12.1 Å². The number of hydrogen-bond acceptors (Lipinski definition) is 4. The number of amides is 2. The van der Waals surface area contributed by atoms with E-state index in [4.69, 9.17) is 0 Å². The van der Waals surface area contributed by atoms with Gasteiger partial charge in [0.25, 0.3) is 0 Å². The van der Waals surface area contributed by atoms with Crippen molar-refractivity contribution >= 4 is 28.2 Å². The lowest BCUT2D eigenvalue weighted by Gasteiger charge is -2.11. The molecule has 0 radical (unpaired) electrons. The third-order valence-corrected chi connectivity index (χ3v) is 3.44. The number of thiazole rings is 1. The molecule has 1 unspecified atom stereocenters. The van der Waals surface area contributed by atoms with E-state index in [2.05, 4.69) is 27.9 Å². The Morgan fingerprint density at radius 3 is 2.58 bits per heavy atom. The quantitative estimate of drug-likeness (QED) is 0.804. The number of rotatable bonds is 4. The summed E-state index contributed by atoms with van der Waals surface area (Å²) in [6.07, 6.45) is 1.65. The highest BCUT2D eigenvalue weighted by atomic mass is 32.1. The summed E-state index contributed by atoms with van der Waals surface area (Å²) in [5.41, 5.74) is 1.93. The molecule has 0 aliphatic heterocycles. The highest BCUT2D eigenvalue weighted by Crippen LogP contribution is 2.16. The van der Waals surface area contributed by atoms with Crippen LogP contribution < -0.4 is 16.0 Å². The van der Waals surface area contributed by atoms with E-state index in [1.807, 2.05) is 36.7 Å². The van der Waals surface area contributed by atoms with Crippen LogP contribution in [0.4, 0.5) is 15.6 Å². The number of nitrogens with one attached hydrogen (secondary N) is 3. The molecule has 2 amide bonds. The standard InChI is InChI=1S/C13H16N4OS/c1-9(14-2)10-3-5-11(6-4-10)16-12(18)17-13-15-7-8-19-13/h3-9,14H,1-2H3,(H2,15,16,17,18). The smallest absolute Gasteiger partial charge is 0.313 e. The molecular weight excluding hydrogens is 260 g/mol. The Morgan fingerprint density at radius 2 is 2.00 bits per heavy atom. The number of benzene rings is 1. The van der Waals surface area contributed by atoms with Gasteiger partial charge in [-0.15, -0.1) is 11.3 Å². The summed E-state index contributed by atoms with van der Waals surface area (Å²) in [7, 11) is 1.91. The average molecular weight is 276 g/mol. The number of aromatic nitrogens is 1. The summed E-state index contributed by atoms with van der Waals surface area (Å²) < 4.78 is 0. The molecule has 1 heterocycles. The van der Waals surface area contributed by atoms with Crippen molar-refractivity contribution in [3.8, 4) is 0 Å². The van der Waals surface area contributed by atoms with Crippen LogP contribution in [0.3, 0.4) is 0 Å². The van der Waals surface area contributed by atoms with Crippen molar-refractivity contribution in [1.29, 1.82) is 0 Å². The number of urea groups is 1. The van der Waals surface area contributed by atoms with Gasteiger partial charge < -0.3 is 10.6 Å². The minimum Gasteiger partial charge on any atom is -0.313 e. The Bertz CT molecular complexity index is 524. The number of carbonyl (C=O) groups excluding carboxylic acids is 1. The SMILES string of the molecule is CNC(C)c1ccc(NC(=O)Nc2nccs2)cc1. The number of hydrogen-bond donors (Lipinski definition) is 3. The molecule has 0 aliphatic carbocycles. The van der Waals surface area contributed by atoms with E-state index in [0.717, 1.165) is 5.69 Å². The molecule has 0 spiro atoms. The van der Waals surface area contributed by atoms with Gasteiger partial charge in [0.15, 0.2) is 5.13 Å². The maximum atomic E-state index is 11.7. The predicted octanol–water partition coefficient (Wildman–Crippen LogP) is 3.07. The van der Waals surface area contributed by atoms with E-state index in [9.17, 15) is 4.79 Å². The van der Waals surface area contributed by atoms with Crippen LogP contribution in [0.15, 0.2) is 35.8 Å². The van der Waals surface area contributed by atoms with Crippen molar-refractivity contribution in [2.45, 2.75) is 13.0 Å². The summed E-state index contributed by atoms with van der Waals surface area (Å²) in [5.74, 6) is 0. The van der Waals surface area contributed by atoms with Gasteiger partial charge in [-0.3, -0.25) is 5.32 Å². The largest absolute Gasteiger partial charge is 0.325 e. The van der Waals surface area contributed by atoms with Gasteiger partial charge >= 0.3 is 6.03 Å². The molecule has 0 saturated heterocycles. The topological polar surface area (TPSA) is 66.0 Å². The lowest BCUT2D eigenvalue weighted by Crippen LogP contribution is -2.19. The molecule has 0 saturated carbocycles. The second kappa shape index (κ2) is 6.31. The molecule has 6 heteroatoms. The Balaban J connectivity index is 1.94. The molecule has 100 valence electrons. The summed E-state index contributed by atoms with van der Waals surface area (Å²) >= 11 is 1.38. The molecule has 5 nitrogen and oxygen atoms in total. The van der Waals surface area contributed by atoms with Crippen molar-refractivity contribution in [3.05, 3.63) is 41.4 Å². The fourth-order valence-electron chi connectivity index (χ4n) is 1.57. The summed E-state index contributed by atoms with van der Waals surface area (Å²) in [5, 5.41) is 11.0. The van der Waals surface area contributed by atoms with Gasteiger partial charge in [-0.25, -0.2) is 9.78 Å². The maximum absolute atomic E-state index is 11.7. The molecule has 1 aromatic heterocycles. The molecule has 2 aromatic rings. The number of carbonyl (C=O) groups is 1. The fourth-order valence-corrected chi connectivity index (χ4v) is 2.09. The van der Waals surface area contributed by atoms with Crippen molar-refractivity contribution < 1.29 is 4.79 Å². The van der Waals surface area contributed by atoms with Gasteiger partial charge in [-0.2, -0.15) is 0 Å². The third kappa shape index (κ3) is 3.77. The second-order valence-electron chi connectivity index (χ2n) is 4.05. The summed E-state index contributed by atoms with van der Waals surface area (Å²) in [4.78, 5) is 15.7. The zero-order chi connectivity index (χ0) is 13.7. The van der Waals surface area contributed by atoms with Crippen LogP contribution >= 0.6 is 11.3 Å². The third-order valence-electron chi connectivity index (χ3n) is 2.75. The molecule has 2 rings (SSSR count). The molecular formula is C13H16N4OS. The minimum atomic E-state index is -0.288. The molecule has 3 N–H and O–H groups in total. The first kappa shape index (κ1) is 13.5. The van der Waals surface area contributed by atoms with Gasteiger partial charge in [-0.05, 0) is 31.7 Å². The Hall–Kier alpha value is -1.92. The van der Waals surface area contributed by atoms with Crippen molar-refractivity contribution in [2.24, 2.45) is 0 Å². The van der Waals surface area contributed by atoms with E-state index < -0.39 is 0 Å². The number of anilines is 2. The first-order valence-electron chi connectivity index (χ1n) is 5.94. The Labute approximate surface area is 116 Å². The van der Waals surface area contributed by atoms with Gasteiger partial charge in [0.05, 0.1) is 0 Å². The molecule has 1 aromatic carbocycles. The van der Waals surface area contributed by atoms with Crippen molar-refractivity contribution in [1.82, 2.24) is 10.3 Å². The van der Waals surface area contributed by atoms with Gasteiger partial charge in [0, 0.05) is 23.3 Å². The van der Waals surface area contributed by atoms with Crippen molar-refractivity contribution in [3.63, 3.8) is 0 Å². The van der Waals surface area contributed by atoms with E-state index in [1.54, 1.807) is 6.20 Å². The molecule has 0 aliphatic rings. The Kier molecular flexibility index (Phi) is 4.48. The predicted molar refractivity (Wildman–Crippen MR) is 78.7 cm³/mol.